The summed E-state index contributed by atoms with van der Waals surface area (Å²) >= 11 is 6.86. The summed E-state index contributed by atoms with van der Waals surface area (Å²) in [5, 5.41) is 15.2. The highest BCUT2D eigenvalue weighted by Crippen LogP contribution is 2.34. The fourth-order valence-corrected chi connectivity index (χ4v) is 4.55. The van der Waals surface area contributed by atoms with Crippen LogP contribution in [0.4, 0.5) is 11.4 Å². The van der Waals surface area contributed by atoms with Crippen molar-refractivity contribution in [1.29, 1.82) is 5.26 Å². The molecule has 0 aliphatic carbocycles. The van der Waals surface area contributed by atoms with Crippen LogP contribution in [0, 0.1) is 32.1 Å². The van der Waals surface area contributed by atoms with Gasteiger partial charge in [0.1, 0.15) is 17.4 Å². The van der Waals surface area contributed by atoms with Gasteiger partial charge in [-0.25, -0.2) is 0 Å². The number of aryl methyl sites for hydroxylation is 3. The molecule has 0 aliphatic heterocycles. The highest BCUT2D eigenvalue weighted by Gasteiger charge is 2.16. The molecule has 0 atom stereocenters. The third kappa shape index (κ3) is 7.28. The van der Waals surface area contributed by atoms with Crippen LogP contribution in [0.15, 0.2) is 69.1 Å². The van der Waals surface area contributed by atoms with E-state index in [4.69, 9.17) is 4.74 Å². The summed E-state index contributed by atoms with van der Waals surface area (Å²) in [6.07, 6.45) is 1.43. The summed E-state index contributed by atoms with van der Waals surface area (Å²) in [7, 11) is 0. The molecule has 3 aromatic carbocycles. The minimum atomic E-state index is -0.550. The molecule has 0 bridgehead atoms. The van der Waals surface area contributed by atoms with Gasteiger partial charge in [0.05, 0.1) is 4.47 Å². The normalized spacial score (nSPS) is 10.9. The zero-order valence-corrected chi connectivity index (χ0v) is 22.6. The van der Waals surface area contributed by atoms with Crippen molar-refractivity contribution >= 4 is 61.1 Å². The Morgan fingerprint density at radius 1 is 0.971 bits per heavy atom. The van der Waals surface area contributed by atoms with E-state index in [1.807, 2.05) is 57.2 Å². The number of benzene rings is 3. The number of hydrogen-bond donors (Lipinski definition) is 2. The summed E-state index contributed by atoms with van der Waals surface area (Å²) in [4.78, 5) is 25.3. The van der Waals surface area contributed by atoms with E-state index < -0.39 is 5.91 Å². The van der Waals surface area contributed by atoms with Crippen molar-refractivity contribution in [2.45, 2.75) is 20.8 Å². The average molecular weight is 597 g/mol. The number of halogens is 2. The standard InChI is InChI=1S/C27H23Br2N3O3/c1-16-5-8-22(9-6-16)31-27(34)20(14-30)11-19-12-21(28)13-23(29)26(19)35-15-25(33)32-24-10-17(2)4-7-18(24)3/h4-13H,15H2,1-3H3,(H,31,34)(H,32,33)/b20-11-. The maximum atomic E-state index is 12.7. The second-order valence-electron chi connectivity index (χ2n) is 7.95. The molecule has 0 saturated carbocycles. The minimum absolute atomic E-state index is 0.111. The van der Waals surface area contributed by atoms with Crippen LogP contribution in [-0.4, -0.2) is 18.4 Å². The lowest BCUT2D eigenvalue weighted by Crippen LogP contribution is -2.21. The Labute approximate surface area is 221 Å². The Bertz CT molecular complexity index is 1340. The molecule has 0 aromatic heterocycles. The molecule has 0 unspecified atom stereocenters. The van der Waals surface area contributed by atoms with Gasteiger partial charge in [-0.3, -0.25) is 9.59 Å². The first-order chi connectivity index (χ1) is 16.7. The van der Waals surface area contributed by atoms with Crippen LogP contribution in [0.25, 0.3) is 6.08 Å². The molecule has 3 rings (SSSR count). The van der Waals surface area contributed by atoms with Crippen LogP contribution < -0.4 is 15.4 Å². The minimum Gasteiger partial charge on any atom is -0.482 e. The van der Waals surface area contributed by atoms with Crippen molar-refractivity contribution in [3.63, 3.8) is 0 Å². The lowest BCUT2D eigenvalue weighted by molar-refractivity contribution is -0.118. The third-order valence-electron chi connectivity index (χ3n) is 5.03. The highest BCUT2D eigenvalue weighted by atomic mass is 79.9. The maximum absolute atomic E-state index is 12.7. The van der Waals surface area contributed by atoms with Crippen LogP contribution in [0.5, 0.6) is 5.75 Å². The Kier molecular flexibility index (Phi) is 8.85. The lowest BCUT2D eigenvalue weighted by atomic mass is 10.1. The van der Waals surface area contributed by atoms with Crippen molar-refractivity contribution in [1.82, 2.24) is 0 Å². The molecule has 0 aliphatic rings. The molecule has 2 N–H and O–H groups in total. The molecule has 0 spiro atoms. The van der Waals surface area contributed by atoms with E-state index in [0.717, 1.165) is 16.7 Å². The fourth-order valence-electron chi connectivity index (χ4n) is 3.17. The number of nitrogens with one attached hydrogen (secondary N) is 2. The molecule has 2 amide bonds. The number of hydrogen-bond acceptors (Lipinski definition) is 4. The first kappa shape index (κ1) is 26.2. The molecule has 8 heteroatoms. The number of nitriles is 1. The van der Waals surface area contributed by atoms with Crippen molar-refractivity contribution in [2.75, 3.05) is 17.2 Å². The predicted octanol–water partition coefficient (Wildman–Crippen LogP) is 6.70. The number of rotatable bonds is 7. The quantitative estimate of drug-likeness (QED) is 0.234. The number of ether oxygens (including phenoxy) is 1. The van der Waals surface area contributed by atoms with Gasteiger partial charge in [0.25, 0.3) is 11.8 Å². The van der Waals surface area contributed by atoms with Gasteiger partial charge in [-0.2, -0.15) is 5.26 Å². The second-order valence-corrected chi connectivity index (χ2v) is 9.72. The van der Waals surface area contributed by atoms with E-state index >= 15 is 0 Å². The van der Waals surface area contributed by atoms with Gasteiger partial charge >= 0.3 is 0 Å². The van der Waals surface area contributed by atoms with E-state index in [9.17, 15) is 14.9 Å². The number of nitrogens with zero attached hydrogens (tertiary/aromatic N) is 1. The highest BCUT2D eigenvalue weighted by molar-refractivity contribution is 9.11. The van der Waals surface area contributed by atoms with Crippen LogP contribution >= 0.6 is 31.9 Å². The first-order valence-electron chi connectivity index (χ1n) is 10.6. The summed E-state index contributed by atoms with van der Waals surface area (Å²) in [5.41, 5.74) is 4.67. The van der Waals surface area contributed by atoms with E-state index in [-0.39, 0.29) is 18.1 Å². The van der Waals surface area contributed by atoms with Crippen LogP contribution in [-0.2, 0) is 9.59 Å². The van der Waals surface area contributed by atoms with Crippen molar-refractivity contribution < 1.29 is 14.3 Å². The smallest absolute Gasteiger partial charge is 0.266 e. The lowest BCUT2D eigenvalue weighted by Gasteiger charge is -2.14. The molecule has 6 nitrogen and oxygen atoms in total. The molecule has 0 saturated heterocycles. The first-order valence-corrected chi connectivity index (χ1v) is 12.2. The van der Waals surface area contributed by atoms with Gasteiger partial charge in [0.15, 0.2) is 6.61 Å². The van der Waals surface area contributed by atoms with Crippen LogP contribution in [0.2, 0.25) is 0 Å². The van der Waals surface area contributed by atoms with Gasteiger partial charge < -0.3 is 15.4 Å². The van der Waals surface area contributed by atoms with Gasteiger partial charge in [0.2, 0.25) is 0 Å². The molecule has 0 heterocycles. The number of carbonyl (C=O) groups is 2. The maximum Gasteiger partial charge on any atom is 0.266 e. The van der Waals surface area contributed by atoms with Crippen LogP contribution in [0.3, 0.4) is 0 Å². The second kappa shape index (κ2) is 11.8. The van der Waals surface area contributed by atoms with Crippen molar-refractivity contribution in [3.8, 4) is 11.8 Å². The van der Waals surface area contributed by atoms with Gasteiger partial charge in [-0.05, 0) is 84.2 Å². The molecule has 0 radical (unpaired) electrons. The van der Waals surface area contributed by atoms with E-state index in [1.165, 1.54) is 6.08 Å². The van der Waals surface area contributed by atoms with Gasteiger partial charge in [0, 0.05) is 21.4 Å². The van der Waals surface area contributed by atoms with E-state index in [1.54, 1.807) is 24.3 Å². The largest absolute Gasteiger partial charge is 0.482 e. The Balaban J connectivity index is 1.81. The fraction of sp³-hybridized carbons (Fsp3) is 0.148. The summed E-state index contributed by atoms with van der Waals surface area (Å²) in [5.74, 6) is -0.549. The predicted molar refractivity (Wildman–Crippen MR) is 145 cm³/mol. The average Bonchev–Trinajstić information content (AvgIpc) is 2.80. The monoisotopic (exact) mass is 595 g/mol. The summed E-state index contributed by atoms with van der Waals surface area (Å²) < 4.78 is 7.09. The zero-order valence-electron chi connectivity index (χ0n) is 19.4. The van der Waals surface area contributed by atoms with Gasteiger partial charge in [-0.15, -0.1) is 0 Å². The Morgan fingerprint density at radius 3 is 2.34 bits per heavy atom. The molecule has 178 valence electrons. The number of carbonyl (C=O) groups excluding carboxylic acids is 2. The van der Waals surface area contributed by atoms with E-state index in [0.29, 0.717) is 31.6 Å². The molecule has 0 fully saturated rings. The van der Waals surface area contributed by atoms with E-state index in [2.05, 4.69) is 42.5 Å². The Hall–Kier alpha value is -3.41. The molecule has 35 heavy (non-hydrogen) atoms. The van der Waals surface area contributed by atoms with Gasteiger partial charge in [-0.1, -0.05) is 45.8 Å². The van der Waals surface area contributed by atoms with Crippen LogP contribution in [0.1, 0.15) is 22.3 Å². The SMILES string of the molecule is Cc1ccc(NC(=O)/C(C#N)=C\c2cc(Br)cc(Br)c2OCC(=O)Nc2cc(C)ccc2C)cc1. The zero-order chi connectivity index (χ0) is 25.5. The molecular weight excluding hydrogens is 574 g/mol. The Morgan fingerprint density at radius 2 is 1.66 bits per heavy atom. The number of anilines is 2. The number of amides is 2. The van der Waals surface area contributed by atoms with Crippen molar-refractivity contribution in [2.24, 2.45) is 0 Å². The molecular formula is C27H23Br2N3O3. The summed E-state index contributed by atoms with van der Waals surface area (Å²) in [6, 6.07) is 18.5. The molecule has 3 aromatic rings. The van der Waals surface area contributed by atoms with Crippen molar-refractivity contribution in [3.05, 3.63) is 91.4 Å². The topological polar surface area (TPSA) is 91.2 Å². The summed E-state index contributed by atoms with van der Waals surface area (Å²) in [6.45, 7) is 5.55. The third-order valence-corrected chi connectivity index (χ3v) is 6.07.